The highest BCUT2D eigenvalue weighted by Crippen LogP contribution is 2.56. The SMILES string of the molecule is c1ccc(C(c2ccccc2)N2CC3(COc4cc5c(cc43)OCCCO5)c3ccccc32)cc1. The van der Waals surface area contributed by atoms with Crippen LogP contribution in [-0.4, -0.2) is 26.4 Å². The smallest absolute Gasteiger partial charge is 0.164 e. The van der Waals surface area contributed by atoms with Crippen LogP contribution in [0, 0.1) is 0 Å². The Morgan fingerprint density at radius 2 is 1.26 bits per heavy atom. The highest BCUT2D eigenvalue weighted by atomic mass is 16.5. The molecule has 0 amide bonds. The van der Waals surface area contributed by atoms with Crippen molar-refractivity contribution < 1.29 is 14.2 Å². The molecule has 0 radical (unpaired) electrons. The van der Waals surface area contributed by atoms with Crippen LogP contribution in [0.1, 0.15) is 34.7 Å². The summed E-state index contributed by atoms with van der Waals surface area (Å²) in [5.41, 5.74) is 6.06. The van der Waals surface area contributed by atoms with Gasteiger partial charge in [0.25, 0.3) is 0 Å². The minimum Gasteiger partial charge on any atom is -0.492 e. The fraction of sp³-hybridized carbons (Fsp3) is 0.226. The molecule has 35 heavy (non-hydrogen) atoms. The lowest BCUT2D eigenvalue weighted by Crippen LogP contribution is -2.38. The summed E-state index contributed by atoms with van der Waals surface area (Å²) in [6.07, 6.45) is 0.887. The second-order valence-electron chi connectivity index (χ2n) is 9.59. The third-order valence-corrected chi connectivity index (χ3v) is 7.55. The van der Waals surface area contributed by atoms with E-state index in [0.717, 1.165) is 30.2 Å². The number of fused-ring (bicyclic) bond motifs is 5. The third kappa shape index (κ3) is 3.20. The molecule has 0 bridgehead atoms. The molecule has 1 unspecified atom stereocenters. The van der Waals surface area contributed by atoms with Crippen LogP contribution in [0.15, 0.2) is 97.1 Å². The maximum absolute atomic E-state index is 6.38. The summed E-state index contributed by atoms with van der Waals surface area (Å²) >= 11 is 0. The highest BCUT2D eigenvalue weighted by Gasteiger charge is 2.51. The van der Waals surface area contributed by atoms with Crippen LogP contribution in [0.2, 0.25) is 0 Å². The number of hydrogen-bond acceptors (Lipinski definition) is 4. The molecule has 7 rings (SSSR count). The summed E-state index contributed by atoms with van der Waals surface area (Å²) in [6, 6.07) is 34.7. The van der Waals surface area contributed by atoms with E-state index in [0.29, 0.717) is 19.8 Å². The van der Waals surface area contributed by atoms with E-state index in [9.17, 15) is 0 Å². The molecule has 0 saturated carbocycles. The molecule has 3 heterocycles. The van der Waals surface area contributed by atoms with Gasteiger partial charge in [-0.3, -0.25) is 0 Å². The average molecular weight is 462 g/mol. The molecular weight excluding hydrogens is 434 g/mol. The molecule has 1 atom stereocenters. The van der Waals surface area contributed by atoms with Gasteiger partial charge in [-0.05, 0) is 28.8 Å². The molecule has 1 spiro atoms. The molecule has 0 aromatic heterocycles. The zero-order valence-corrected chi connectivity index (χ0v) is 19.5. The quantitative estimate of drug-likeness (QED) is 0.367. The largest absolute Gasteiger partial charge is 0.492 e. The predicted octanol–water partition coefficient (Wildman–Crippen LogP) is 6.14. The van der Waals surface area contributed by atoms with Crippen molar-refractivity contribution in [2.75, 3.05) is 31.3 Å². The zero-order valence-electron chi connectivity index (χ0n) is 19.5. The van der Waals surface area contributed by atoms with Gasteiger partial charge < -0.3 is 19.1 Å². The van der Waals surface area contributed by atoms with Gasteiger partial charge in [0.15, 0.2) is 11.5 Å². The summed E-state index contributed by atoms with van der Waals surface area (Å²) in [7, 11) is 0. The minimum absolute atomic E-state index is 0.0994. The molecule has 0 N–H and O–H groups in total. The fourth-order valence-corrected chi connectivity index (χ4v) is 5.96. The number of nitrogens with zero attached hydrogens (tertiary/aromatic N) is 1. The Labute approximate surface area is 205 Å². The molecule has 3 aliphatic heterocycles. The number of hydrogen-bond donors (Lipinski definition) is 0. The maximum atomic E-state index is 6.38. The number of anilines is 1. The molecule has 0 aliphatic carbocycles. The van der Waals surface area contributed by atoms with Crippen LogP contribution in [-0.2, 0) is 5.41 Å². The number of benzene rings is 4. The fourth-order valence-electron chi connectivity index (χ4n) is 5.96. The van der Waals surface area contributed by atoms with Gasteiger partial charge in [0.2, 0.25) is 0 Å². The summed E-state index contributed by atoms with van der Waals surface area (Å²) in [6.45, 7) is 2.78. The zero-order chi connectivity index (χ0) is 23.2. The molecule has 4 nitrogen and oxygen atoms in total. The molecule has 3 aliphatic rings. The Bertz CT molecular complexity index is 1330. The normalized spacial score (nSPS) is 19.9. The van der Waals surface area contributed by atoms with Gasteiger partial charge in [0.1, 0.15) is 12.4 Å². The van der Waals surface area contributed by atoms with Crippen LogP contribution in [0.25, 0.3) is 0 Å². The lowest BCUT2D eigenvalue weighted by molar-refractivity contribution is 0.289. The Morgan fingerprint density at radius 1 is 0.629 bits per heavy atom. The maximum Gasteiger partial charge on any atom is 0.164 e. The Kier molecular flexibility index (Phi) is 4.73. The van der Waals surface area contributed by atoms with Gasteiger partial charge in [-0.15, -0.1) is 0 Å². The monoisotopic (exact) mass is 461 g/mol. The van der Waals surface area contributed by atoms with Gasteiger partial charge in [-0.25, -0.2) is 0 Å². The molecule has 4 aromatic carbocycles. The van der Waals surface area contributed by atoms with Gasteiger partial charge >= 0.3 is 0 Å². The lowest BCUT2D eigenvalue weighted by atomic mass is 9.77. The van der Waals surface area contributed by atoms with Crippen molar-refractivity contribution >= 4 is 5.69 Å². The molecule has 0 fully saturated rings. The summed E-state index contributed by atoms with van der Waals surface area (Å²) in [5, 5.41) is 0. The first-order valence-corrected chi connectivity index (χ1v) is 12.4. The lowest BCUT2D eigenvalue weighted by Gasteiger charge is -2.33. The standard InChI is InChI=1S/C31H27NO3/c1-3-10-22(11-4-1)30(23-12-5-2-6-13-23)32-20-31(24-14-7-8-15-26(24)32)21-35-27-19-29-28(18-25(27)31)33-16-9-17-34-29/h1-8,10-15,18-19,30H,9,16-17,20-21H2. The van der Waals surface area contributed by atoms with E-state index < -0.39 is 0 Å². The predicted molar refractivity (Wildman–Crippen MR) is 137 cm³/mol. The van der Waals surface area contributed by atoms with Crippen LogP contribution in [0.5, 0.6) is 17.2 Å². The van der Waals surface area contributed by atoms with E-state index in [1.165, 1.54) is 27.9 Å². The first-order chi connectivity index (χ1) is 17.3. The van der Waals surface area contributed by atoms with E-state index in [1.54, 1.807) is 0 Å². The van der Waals surface area contributed by atoms with Crippen LogP contribution < -0.4 is 19.1 Å². The second-order valence-corrected chi connectivity index (χ2v) is 9.59. The van der Waals surface area contributed by atoms with Crippen LogP contribution in [0.4, 0.5) is 5.69 Å². The van der Waals surface area contributed by atoms with Crippen LogP contribution >= 0.6 is 0 Å². The van der Waals surface area contributed by atoms with Crippen molar-refractivity contribution in [3.63, 3.8) is 0 Å². The van der Waals surface area contributed by atoms with Gasteiger partial charge in [0, 0.05) is 30.3 Å². The van der Waals surface area contributed by atoms with Crippen molar-refractivity contribution in [2.45, 2.75) is 17.9 Å². The van der Waals surface area contributed by atoms with E-state index in [2.05, 4.69) is 95.9 Å². The van der Waals surface area contributed by atoms with Crippen molar-refractivity contribution in [3.05, 3.63) is 119 Å². The Morgan fingerprint density at radius 3 is 1.97 bits per heavy atom. The molecule has 174 valence electrons. The average Bonchev–Trinajstić information content (AvgIpc) is 3.32. The van der Waals surface area contributed by atoms with Crippen LogP contribution in [0.3, 0.4) is 0 Å². The topological polar surface area (TPSA) is 30.9 Å². The highest BCUT2D eigenvalue weighted by molar-refractivity contribution is 5.72. The van der Waals surface area contributed by atoms with Gasteiger partial charge in [0.05, 0.1) is 24.7 Å². The summed E-state index contributed by atoms with van der Waals surface area (Å²) < 4.78 is 18.4. The van der Waals surface area contributed by atoms with E-state index in [4.69, 9.17) is 14.2 Å². The van der Waals surface area contributed by atoms with Gasteiger partial charge in [-0.1, -0.05) is 78.9 Å². The molecule has 4 heteroatoms. The summed E-state index contributed by atoms with van der Waals surface area (Å²) in [4.78, 5) is 2.56. The third-order valence-electron chi connectivity index (χ3n) is 7.55. The Hall–Kier alpha value is -3.92. The van der Waals surface area contributed by atoms with Crippen molar-refractivity contribution in [1.82, 2.24) is 0 Å². The molecule has 0 saturated heterocycles. The summed E-state index contributed by atoms with van der Waals surface area (Å²) in [5.74, 6) is 2.51. The van der Waals surface area contributed by atoms with E-state index >= 15 is 0 Å². The minimum atomic E-state index is -0.265. The molecular formula is C31H27NO3. The van der Waals surface area contributed by atoms with E-state index in [1.807, 2.05) is 6.07 Å². The Balaban J connectivity index is 1.39. The second kappa shape index (κ2) is 8.09. The number of ether oxygens (including phenoxy) is 3. The van der Waals surface area contributed by atoms with Crippen molar-refractivity contribution in [3.8, 4) is 17.2 Å². The first-order valence-electron chi connectivity index (χ1n) is 12.4. The first kappa shape index (κ1) is 20.5. The number of rotatable bonds is 3. The number of para-hydroxylation sites is 1. The van der Waals surface area contributed by atoms with Crippen molar-refractivity contribution in [1.29, 1.82) is 0 Å². The van der Waals surface area contributed by atoms with Gasteiger partial charge in [-0.2, -0.15) is 0 Å². The van der Waals surface area contributed by atoms with E-state index in [-0.39, 0.29) is 11.5 Å². The molecule has 4 aromatic rings. The van der Waals surface area contributed by atoms with Crippen molar-refractivity contribution in [2.24, 2.45) is 0 Å².